The highest BCUT2D eigenvalue weighted by atomic mass is 16.5. The predicted molar refractivity (Wildman–Crippen MR) is 103 cm³/mol. The third-order valence-electron chi connectivity index (χ3n) is 5.12. The van der Waals surface area contributed by atoms with Gasteiger partial charge in [0.15, 0.2) is 0 Å². The maximum absolute atomic E-state index is 12.4. The molecule has 1 aliphatic heterocycles. The highest BCUT2D eigenvalue weighted by Crippen LogP contribution is 2.29. The summed E-state index contributed by atoms with van der Waals surface area (Å²) < 4.78 is 5.48. The summed E-state index contributed by atoms with van der Waals surface area (Å²) in [7, 11) is 0. The van der Waals surface area contributed by atoms with Crippen molar-refractivity contribution in [1.82, 2.24) is 15.0 Å². The first kappa shape index (κ1) is 17.5. The molecule has 27 heavy (non-hydrogen) atoms. The number of hydrogen-bond donors (Lipinski definition) is 0. The summed E-state index contributed by atoms with van der Waals surface area (Å²) in [5.74, 6) is 1.22. The lowest BCUT2D eigenvalue weighted by molar-refractivity contribution is -0.128. The summed E-state index contributed by atoms with van der Waals surface area (Å²) in [4.78, 5) is 18.8. The fourth-order valence-corrected chi connectivity index (χ4v) is 3.41. The standard InChI is InChI=1S/C22H23N3O2/c1-3-16-8-10-18(11-9-16)21-23-22(27-24-21)19-12-20(26)25(14-19)13-17-6-4-15(2)5-7-17/h4-11,19H,3,12-14H2,1-2H3. The van der Waals surface area contributed by atoms with E-state index in [9.17, 15) is 4.79 Å². The normalized spacial score (nSPS) is 16.9. The molecule has 1 atom stereocenters. The minimum atomic E-state index is -0.0425. The molecule has 2 aromatic carbocycles. The lowest BCUT2D eigenvalue weighted by Gasteiger charge is -2.16. The average molecular weight is 361 g/mol. The molecular weight excluding hydrogens is 338 g/mol. The Morgan fingerprint density at radius 1 is 1.07 bits per heavy atom. The highest BCUT2D eigenvalue weighted by Gasteiger charge is 2.34. The van der Waals surface area contributed by atoms with Crippen molar-refractivity contribution in [3.05, 3.63) is 71.1 Å². The van der Waals surface area contributed by atoms with Crippen LogP contribution in [0.2, 0.25) is 0 Å². The van der Waals surface area contributed by atoms with Gasteiger partial charge < -0.3 is 9.42 Å². The Labute approximate surface area is 159 Å². The fraction of sp³-hybridized carbons (Fsp3) is 0.318. The van der Waals surface area contributed by atoms with Crippen molar-refractivity contribution in [2.24, 2.45) is 0 Å². The van der Waals surface area contributed by atoms with Gasteiger partial charge in [0.1, 0.15) is 0 Å². The van der Waals surface area contributed by atoms with Gasteiger partial charge in [-0.15, -0.1) is 0 Å². The number of likely N-dealkylation sites (tertiary alicyclic amines) is 1. The number of carbonyl (C=O) groups excluding carboxylic acids is 1. The Bertz CT molecular complexity index is 929. The molecule has 0 saturated carbocycles. The molecule has 138 valence electrons. The van der Waals surface area contributed by atoms with Crippen LogP contribution < -0.4 is 0 Å². The zero-order chi connectivity index (χ0) is 18.8. The Hall–Kier alpha value is -2.95. The van der Waals surface area contributed by atoms with Crippen LogP contribution >= 0.6 is 0 Å². The van der Waals surface area contributed by atoms with Crippen LogP contribution in [-0.4, -0.2) is 27.5 Å². The SMILES string of the molecule is CCc1ccc(-c2noc(C3CC(=O)N(Cc4ccc(C)cc4)C3)n2)cc1. The molecular formula is C22H23N3O2. The number of hydrogen-bond acceptors (Lipinski definition) is 4. The molecule has 0 radical (unpaired) electrons. The fourth-order valence-electron chi connectivity index (χ4n) is 3.41. The Kier molecular flexibility index (Phi) is 4.75. The summed E-state index contributed by atoms with van der Waals surface area (Å²) in [6, 6.07) is 16.5. The van der Waals surface area contributed by atoms with Crippen LogP contribution in [0.3, 0.4) is 0 Å². The number of aromatic nitrogens is 2. The van der Waals surface area contributed by atoms with Crippen LogP contribution in [0.1, 0.15) is 41.8 Å². The van der Waals surface area contributed by atoms with Gasteiger partial charge in [0, 0.05) is 25.1 Å². The lowest BCUT2D eigenvalue weighted by atomic mass is 10.1. The van der Waals surface area contributed by atoms with Crippen molar-refractivity contribution >= 4 is 5.91 Å². The molecule has 0 spiro atoms. The van der Waals surface area contributed by atoms with Gasteiger partial charge in [0.05, 0.1) is 5.92 Å². The van der Waals surface area contributed by atoms with Crippen LogP contribution in [0.15, 0.2) is 53.1 Å². The minimum absolute atomic E-state index is 0.0425. The van der Waals surface area contributed by atoms with Gasteiger partial charge >= 0.3 is 0 Å². The number of carbonyl (C=O) groups is 1. The van der Waals surface area contributed by atoms with E-state index in [4.69, 9.17) is 4.52 Å². The van der Waals surface area contributed by atoms with Gasteiger partial charge in [-0.3, -0.25) is 4.79 Å². The molecule has 1 saturated heterocycles. The van der Waals surface area contributed by atoms with Gasteiger partial charge in [-0.25, -0.2) is 0 Å². The van der Waals surface area contributed by atoms with E-state index in [2.05, 4.69) is 60.4 Å². The van der Waals surface area contributed by atoms with E-state index in [-0.39, 0.29) is 11.8 Å². The highest BCUT2D eigenvalue weighted by molar-refractivity contribution is 5.79. The number of aryl methyl sites for hydroxylation is 2. The molecule has 1 unspecified atom stereocenters. The van der Waals surface area contributed by atoms with Gasteiger partial charge in [-0.2, -0.15) is 4.98 Å². The predicted octanol–water partition coefficient (Wildman–Crippen LogP) is 4.12. The first-order valence-corrected chi connectivity index (χ1v) is 9.38. The largest absolute Gasteiger partial charge is 0.339 e. The average Bonchev–Trinajstić information content (AvgIpc) is 3.31. The van der Waals surface area contributed by atoms with Gasteiger partial charge in [0.25, 0.3) is 0 Å². The number of nitrogens with zero attached hydrogens (tertiary/aromatic N) is 3. The second-order valence-electron chi connectivity index (χ2n) is 7.17. The summed E-state index contributed by atoms with van der Waals surface area (Å²) in [5, 5.41) is 4.11. The van der Waals surface area contributed by atoms with Crippen molar-refractivity contribution in [2.45, 2.75) is 39.2 Å². The number of amides is 1. The first-order chi connectivity index (χ1) is 13.1. The maximum atomic E-state index is 12.4. The smallest absolute Gasteiger partial charge is 0.232 e. The van der Waals surface area contributed by atoms with Crippen molar-refractivity contribution < 1.29 is 9.32 Å². The Morgan fingerprint density at radius 3 is 2.48 bits per heavy atom. The van der Waals surface area contributed by atoms with Crippen LogP contribution in [0.4, 0.5) is 0 Å². The third-order valence-corrected chi connectivity index (χ3v) is 5.12. The van der Waals surface area contributed by atoms with Gasteiger partial charge in [-0.05, 0) is 24.5 Å². The number of benzene rings is 2. The zero-order valence-corrected chi connectivity index (χ0v) is 15.7. The lowest BCUT2D eigenvalue weighted by Crippen LogP contribution is -2.24. The van der Waals surface area contributed by atoms with Gasteiger partial charge in [-0.1, -0.05) is 66.2 Å². The minimum Gasteiger partial charge on any atom is -0.339 e. The van der Waals surface area contributed by atoms with E-state index in [1.165, 1.54) is 11.1 Å². The van der Waals surface area contributed by atoms with Gasteiger partial charge in [0.2, 0.25) is 17.6 Å². The van der Waals surface area contributed by atoms with Crippen LogP contribution in [0.5, 0.6) is 0 Å². The zero-order valence-electron chi connectivity index (χ0n) is 15.7. The van der Waals surface area contributed by atoms with E-state index in [0.29, 0.717) is 31.2 Å². The van der Waals surface area contributed by atoms with Crippen molar-refractivity contribution in [1.29, 1.82) is 0 Å². The molecule has 0 N–H and O–H groups in total. The second kappa shape index (κ2) is 7.35. The molecule has 3 aromatic rings. The molecule has 1 aliphatic rings. The molecule has 5 nitrogen and oxygen atoms in total. The summed E-state index contributed by atoms with van der Waals surface area (Å²) >= 11 is 0. The van der Waals surface area contributed by atoms with Crippen molar-refractivity contribution in [3.8, 4) is 11.4 Å². The van der Waals surface area contributed by atoms with E-state index >= 15 is 0 Å². The van der Waals surface area contributed by atoms with E-state index in [1.54, 1.807) is 0 Å². The second-order valence-corrected chi connectivity index (χ2v) is 7.17. The molecule has 0 bridgehead atoms. The monoisotopic (exact) mass is 361 g/mol. The molecule has 1 amide bonds. The van der Waals surface area contributed by atoms with Crippen molar-refractivity contribution in [3.63, 3.8) is 0 Å². The van der Waals surface area contributed by atoms with Crippen molar-refractivity contribution in [2.75, 3.05) is 6.54 Å². The molecule has 2 heterocycles. The third kappa shape index (κ3) is 3.77. The summed E-state index contributed by atoms with van der Waals surface area (Å²) in [6.07, 6.45) is 1.42. The molecule has 4 rings (SSSR count). The number of rotatable bonds is 5. The topological polar surface area (TPSA) is 59.2 Å². The van der Waals surface area contributed by atoms with Crippen LogP contribution in [-0.2, 0) is 17.8 Å². The Morgan fingerprint density at radius 2 is 1.78 bits per heavy atom. The quantitative estimate of drug-likeness (QED) is 0.686. The summed E-state index contributed by atoms with van der Waals surface area (Å²) in [6.45, 7) is 5.42. The maximum Gasteiger partial charge on any atom is 0.232 e. The molecule has 1 aromatic heterocycles. The summed E-state index contributed by atoms with van der Waals surface area (Å²) in [5.41, 5.74) is 4.56. The van der Waals surface area contributed by atoms with E-state index in [1.807, 2.05) is 17.0 Å². The molecule has 0 aliphatic carbocycles. The van der Waals surface area contributed by atoms with E-state index in [0.717, 1.165) is 17.5 Å². The molecule has 1 fully saturated rings. The van der Waals surface area contributed by atoms with Crippen LogP contribution in [0.25, 0.3) is 11.4 Å². The molecule has 5 heteroatoms. The van der Waals surface area contributed by atoms with Crippen LogP contribution in [0, 0.1) is 6.92 Å². The first-order valence-electron chi connectivity index (χ1n) is 9.38. The Balaban J connectivity index is 1.45. The van der Waals surface area contributed by atoms with E-state index < -0.39 is 0 Å².